The van der Waals surface area contributed by atoms with Crippen molar-refractivity contribution in [3.05, 3.63) is 47.3 Å². The van der Waals surface area contributed by atoms with Crippen LogP contribution in [0.1, 0.15) is 42.5 Å². The molecule has 1 saturated carbocycles. The van der Waals surface area contributed by atoms with Crippen LogP contribution in [0, 0.1) is 6.92 Å². The average molecular weight is 255 g/mol. The Balaban J connectivity index is 1.99. The second-order valence-corrected chi connectivity index (χ2v) is 5.36. The smallest absolute Gasteiger partial charge is 0.0651 e. The van der Waals surface area contributed by atoms with Crippen molar-refractivity contribution in [2.45, 2.75) is 39.2 Å². The molecule has 3 rings (SSSR count). The summed E-state index contributed by atoms with van der Waals surface area (Å²) in [5, 5.41) is 8.03. The second kappa shape index (κ2) is 5.17. The van der Waals surface area contributed by atoms with Gasteiger partial charge in [-0.15, -0.1) is 0 Å². The van der Waals surface area contributed by atoms with Crippen LogP contribution >= 0.6 is 0 Å². The fraction of sp³-hybridized carbons (Fsp3) is 0.438. The van der Waals surface area contributed by atoms with Crippen LogP contribution in [-0.4, -0.2) is 16.3 Å². The van der Waals surface area contributed by atoms with Crippen molar-refractivity contribution in [1.29, 1.82) is 0 Å². The molecule has 0 aliphatic heterocycles. The minimum atomic E-state index is 0.705. The molecular weight excluding hydrogens is 234 g/mol. The van der Waals surface area contributed by atoms with E-state index in [4.69, 9.17) is 0 Å². The highest BCUT2D eigenvalue weighted by atomic mass is 15.3. The molecule has 19 heavy (non-hydrogen) atoms. The van der Waals surface area contributed by atoms with Crippen LogP contribution in [0.2, 0.25) is 0 Å². The molecule has 1 aromatic heterocycles. The molecule has 1 heterocycles. The van der Waals surface area contributed by atoms with Gasteiger partial charge in [0.1, 0.15) is 0 Å². The monoisotopic (exact) mass is 255 g/mol. The first kappa shape index (κ1) is 12.4. The Bertz CT molecular complexity index is 567. The molecule has 1 aliphatic carbocycles. The number of nitrogens with zero attached hydrogens (tertiary/aromatic N) is 2. The standard InChI is InChI=1S/C16H21N3/c1-3-17-10-14-11-18-19(16(14)13-7-8-13)15-6-4-5-12(2)9-15/h4-6,9,11,13,17H,3,7-8,10H2,1-2H3. The summed E-state index contributed by atoms with van der Waals surface area (Å²) < 4.78 is 2.14. The molecule has 2 aromatic rings. The molecule has 0 atom stereocenters. The van der Waals surface area contributed by atoms with E-state index in [9.17, 15) is 0 Å². The molecule has 1 N–H and O–H groups in total. The molecule has 100 valence electrons. The topological polar surface area (TPSA) is 29.9 Å². The highest BCUT2D eigenvalue weighted by Crippen LogP contribution is 2.42. The number of nitrogens with one attached hydrogen (secondary N) is 1. The van der Waals surface area contributed by atoms with Crippen LogP contribution in [0.25, 0.3) is 5.69 Å². The summed E-state index contributed by atoms with van der Waals surface area (Å²) in [6, 6.07) is 8.58. The van der Waals surface area contributed by atoms with Crippen molar-refractivity contribution in [3.8, 4) is 5.69 Å². The predicted octanol–water partition coefficient (Wildman–Crippen LogP) is 3.17. The number of benzene rings is 1. The maximum atomic E-state index is 4.62. The lowest BCUT2D eigenvalue weighted by atomic mass is 10.1. The van der Waals surface area contributed by atoms with E-state index in [-0.39, 0.29) is 0 Å². The molecule has 3 nitrogen and oxygen atoms in total. The van der Waals surface area contributed by atoms with E-state index >= 15 is 0 Å². The third-order valence-corrected chi connectivity index (χ3v) is 3.66. The SMILES string of the molecule is CCNCc1cnn(-c2cccc(C)c2)c1C1CC1. The van der Waals surface area contributed by atoms with Crippen LogP contribution in [0.3, 0.4) is 0 Å². The van der Waals surface area contributed by atoms with Gasteiger partial charge in [-0.2, -0.15) is 5.10 Å². The maximum absolute atomic E-state index is 4.62. The number of hydrogen-bond donors (Lipinski definition) is 1. The summed E-state index contributed by atoms with van der Waals surface area (Å²) in [6.07, 6.45) is 4.63. The molecule has 0 radical (unpaired) electrons. The van der Waals surface area contributed by atoms with E-state index in [0.717, 1.165) is 13.1 Å². The molecule has 0 spiro atoms. The predicted molar refractivity (Wildman–Crippen MR) is 77.7 cm³/mol. The van der Waals surface area contributed by atoms with E-state index in [0.29, 0.717) is 5.92 Å². The largest absolute Gasteiger partial charge is 0.313 e. The van der Waals surface area contributed by atoms with Gasteiger partial charge in [0, 0.05) is 18.0 Å². The highest BCUT2D eigenvalue weighted by molar-refractivity contribution is 5.40. The zero-order valence-corrected chi connectivity index (χ0v) is 11.7. The number of aromatic nitrogens is 2. The van der Waals surface area contributed by atoms with E-state index in [1.807, 2.05) is 6.20 Å². The fourth-order valence-electron chi connectivity index (χ4n) is 2.55. The van der Waals surface area contributed by atoms with E-state index in [1.54, 1.807) is 0 Å². The Hall–Kier alpha value is -1.61. The molecule has 0 saturated heterocycles. The van der Waals surface area contributed by atoms with Crippen molar-refractivity contribution in [3.63, 3.8) is 0 Å². The van der Waals surface area contributed by atoms with Crippen LogP contribution < -0.4 is 5.32 Å². The lowest BCUT2D eigenvalue weighted by molar-refractivity contribution is 0.714. The first-order valence-electron chi connectivity index (χ1n) is 7.14. The Morgan fingerprint density at radius 2 is 2.21 bits per heavy atom. The summed E-state index contributed by atoms with van der Waals surface area (Å²) in [5.74, 6) is 0.705. The normalized spacial score (nSPS) is 14.8. The number of aryl methyl sites for hydroxylation is 1. The minimum absolute atomic E-state index is 0.705. The Labute approximate surface area is 114 Å². The number of hydrogen-bond acceptors (Lipinski definition) is 2. The molecule has 0 amide bonds. The molecule has 3 heteroatoms. The van der Waals surface area contributed by atoms with Gasteiger partial charge in [0.05, 0.1) is 17.6 Å². The average Bonchev–Trinajstić information content (AvgIpc) is 3.16. The molecular formula is C16H21N3. The summed E-state index contributed by atoms with van der Waals surface area (Å²) in [4.78, 5) is 0. The van der Waals surface area contributed by atoms with E-state index in [1.165, 1.54) is 35.3 Å². The summed E-state index contributed by atoms with van der Waals surface area (Å²) in [6.45, 7) is 6.19. The second-order valence-electron chi connectivity index (χ2n) is 5.36. The van der Waals surface area contributed by atoms with Gasteiger partial charge in [0.25, 0.3) is 0 Å². The van der Waals surface area contributed by atoms with Crippen molar-refractivity contribution in [2.75, 3.05) is 6.54 Å². The van der Waals surface area contributed by atoms with Crippen LogP contribution in [0.4, 0.5) is 0 Å². The first-order valence-corrected chi connectivity index (χ1v) is 7.14. The minimum Gasteiger partial charge on any atom is -0.313 e. The van der Waals surface area contributed by atoms with Gasteiger partial charge < -0.3 is 5.32 Å². The lowest BCUT2D eigenvalue weighted by Gasteiger charge is -2.10. The Morgan fingerprint density at radius 1 is 1.37 bits per heavy atom. The summed E-state index contributed by atoms with van der Waals surface area (Å²) >= 11 is 0. The van der Waals surface area contributed by atoms with Crippen molar-refractivity contribution < 1.29 is 0 Å². The first-order chi connectivity index (χ1) is 9.29. The molecule has 1 aliphatic rings. The van der Waals surface area contributed by atoms with Gasteiger partial charge in [-0.1, -0.05) is 19.1 Å². The quantitative estimate of drug-likeness (QED) is 0.889. The van der Waals surface area contributed by atoms with Crippen molar-refractivity contribution in [2.24, 2.45) is 0 Å². The molecule has 1 fully saturated rings. The van der Waals surface area contributed by atoms with Gasteiger partial charge in [-0.3, -0.25) is 0 Å². The Morgan fingerprint density at radius 3 is 2.89 bits per heavy atom. The van der Waals surface area contributed by atoms with Gasteiger partial charge >= 0.3 is 0 Å². The van der Waals surface area contributed by atoms with Gasteiger partial charge in [-0.25, -0.2) is 4.68 Å². The van der Waals surface area contributed by atoms with Crippen LogP contribution in [0.15, 0.2) is 30.5 Å². The molecule has 0 bridgehead atoms. The van der Waals surface area contributed by atoms with Crippen LogP contribution in [0.5, 0.6) is 0 Å². The zero-order valence-electron chi connectivity index (χ0n) is 11.7. The highest BCUT2D eigenvalue weighted by Gasteiger charge is 2.30. The van der Waals surface area contributed by atoms with Crippen molar-refractivity contribution in [1.82, 2.24) is 15.1 Å². The third kappa shape index (κ3) is 2.56. The lowest BCUT2D eigenvalue weighted by Crippen LogP contribution is -2.13. The van der Waals surface area contributed by atoms with Crippen LogP contribution in [-0.2, 0) is 6.54 Å². The molecule has 1 aromatic carbocycles. The summed E-state index contributed by atoms with van der Waals surface area (Å²) in [5.41, 5.74) is 5.23. The van der Waals surface area contributed by atoms with E-state index < -0.39 is 0 Å². The molecule has 0 unspecified atom stereocenters. The maximum Gasteiger partial charge on any atom is 0.0651 e. The Kier molecular flexibility index (Phi) is 3.38. The van der Waals surface area contributed by atoms with Gasteiger partial charge in [0.2, 0.25) is 0 Å². The fourth-order valence-corrected chi connectivity index (χ4v) is 2.55. The van der Waals surface area contributed by atoms with Gasteiger partial charge in [0.15, 0.2) is 0 Å². The number of rotatable bonds is 5. The zero-order chi connectivity index (χ0) is 13.2. The summed E-state index contributed by atoms with van der Waals surface area (Å²) in [7, 11) is 0. The van der Waals surface area contributed by atoms with Crippen molar-refractivity contribution >= 4 is 0 Å². The third-order valence-electron chi connectivity index (χ3n) is 3.66. The van der Waals surface area contributed by atoms with Gasteiger partial charge in [-0.05, 0) is 44.0 Å². The van der Waals surface area contributed by atoms with E-state index in [2.05, 4.69) is 53.2 Å².